The van der Waals surface area contributed by atoms with Gasteiger partial charge in [-0.05, 0) is 18.9 Å². The molecule has 0 bridgehead atoms. The number of aliphatic hydroxyl groups is 2. The van der Waals surface area contributed by atoms with E-state index >= 15 is 0 Å². The zero-order valence-corrected chi connectivity index (χ0v) is 24.4. The molecular formula is C23H29N7O11S2. The maximum Gasteiger partial charge on any atom is 0.342 e. The number of phenols is 1. The molecule has 1 saturated heterocycles. The van der Waals surface area contributed by atoms with Crippen molar-refractivity contribution in [3.8, 4) is 11.5 Å². The third-order valence-electron chi connectivity index (χ3n) is 7.16. The number of sulfonamides is 2. The van der Waals surface area contributed by atoms with E-state index in [2.05, 4.69) is 24.4 Å². The van der Waals surface area contributed by atoms with E-state index < -0.39 is 67.9 Å². The number of aromatic hydroxyl groups is 1. The zero-order chi connectivity index (χ0) is 31.3. The molecule has 2 aromatic heterocycles. The summed E-state index contributed by atoms with van der Waals surface area (Å²) in [7, 11) is -7.55. The number of rotatable bonds is 11. The van der Waals surface area contributed by atoms with Crippen LogP contribution in [0.25, 0.3) is 11.2 Å². The van der Waals surface area contributed by atoms with Crippen molar-refractivity contribution in [2.45, 2.75) is 44.5 Å². The molecule has 0 aliphatic carbocycles. The van der Waals surface area contributed by atoms with Gasteiger partial charge in [-0.2, -0.15) is 0 Å². The lowest BCUT2D eigenvalue weighted by atomic mass is 9.95. The first kappa shape index (κ1) is 30.8. The highest BCUT2D eigenvalue weighted by molar-refractivity contribution is 8.06. The number of carbonyl (C=O) groups is 1. The van der Waals surface area contributed by atoms with E-state index in [0.29, 0.717) is 11.1 Å². The number of anilines is 1. The van der Waals surface area contributed by atoms with E-state index in [1.165, 1.54) is 24.3 Å². The molecule has 5 rings (SSSR count). The minimum absolute atomic E-state index is 0.0229. The van der Waals surface area contributed by atoms with Crippen LogP contribution in [0.4, 0.5) is 5.82 Å². The summed E-state index contributed by atoms with van der Waals surface area (Å²) < 4.78 is 72.0. The lowest BCUT2D eigenvalue weighted by Crippen LogP contribution is -2.43. The summed E-state index contributed by atoms with van der Waals surface area (Å²) in [4.78, 5) is 24.0. The molecule has 2 aliphatic rings. The number of ether oxygens (including phenoxy) is 3. The number of nitrogens with one attached hydrogen (secondary N) is 2. The topological polar surface area (TPSA) is 267 Å². The monoisotopic (exact) mass is 643 g/mol. The highest BCUT2D eigenvalue weighted by Crippen LogP contribution is 2.41. The molecule has 1 aromatic carbocycles. The molecule has 43 heavy (non-hydrogen) atoms. The van der Waals surface area contributed by atoms with Crippen LogP contribution in [0.3, 0.4) is 0 Å². The number of fused-ring (bicyclic) bond motifs is 2. The van der Waals surface area contributed by atoms with Crippen molar-refractivity contribution in [1.29, 1.82) is 0 Å². The molecule has 4 atom stereocenters. The Morgan fingerprint density at radius 2 is 1.86 bits per heavy atom. The molecule has 234 valence electrons. The van der Waals surface area contributed by atoms with Crippen molar-refractivity contribution in [3.63, 3.8) is 0 Å². The first-order valence-electron chi connectivity index (χ1n) is 12.7. The lowest BCUT2D eigenvalue weighted by molar-refractivity contribution is -0.0330. The summed E-state index contributed by atoms with van der Waals surface area (Å²) in [6.07, 6.45) is -3.20. The van der Waals surface area contributed by atoms with Gasteiger partial charge >= 0.3 is 5.97 Å². The minimum Gasteiger partial charge on any atom is -0.507 e. The lowest BCUT2D eigenvalue weighted by Gasteiger charge is -2.17. The second-order valence-electron chi connectivity index (χ2n) is 9.88. The predicted molar refractivity (Wildman–Crippen MR) is 147 cm³/mol. The molecule has 18 nitrogen and oxygen atoms in total. The van der Waals surface area contributed by atoms with Crippen molar-refractivity contribution < 1.29 is 51.2 Å². The average molecular weight is 644 g/mol. The number of aromatic nitrogens is 4. The number of esters is 1. The van der Waals surface area contributed by atoms with Crippen LogP contribution < -0.4 is 19.9 Å². The summed E-state index contributed by atoms with van der Waals surface area (Å²) in [5.41, 5.74) is 7.36. The Morgan fingerprint density at radius 3 is 2.58 bits per heavy atom. The zero-order valence-electron chi connectivity index (χ0n) is 22.8. The van der Waals surface area contributed by atoms with Crippen molar-refractivity contribution in [2.75, 3.05) is 31.0 Å². The van der Waals surface area contributed by atoms with Gasteiger partial charge in [0.05, 0.1) is 13.4 Å². The van der Waals surface area contributed by atoms with Gasteiger partial charge in [0.2, 0.25) is 20.0 Å². The van der Waals surface area contributed by atoms with Crippen LogP contribution in [-0.4, -0.2) is 101 Å². The maximum absolute atomic E-state index is 12.6. The fourth-order valence-electron chi connectivity index (χ4n) is 5.08. The molecule has 2 aliphatic heterocycles. The van der Waals surface area contributed by atoms with E-state index in [0.717, 1.165) is 0 Å². The fourth-order valence-corrected chi connectivity index (χ4v) is 8.21. The van der Waals surface area contributed by atoms with Crippen molar-refractivity contribution in [2.24, 2.45) is 0 Å². The number of hydrogen-bond acceptors (Lipinski definition) is 15. The van der Waals surface area contributed by atoms with Crippen molar-refractivity contribution >= 4 is 43.0 Å². The number of nitrogens with two attached hydrogens (primary N) is 1. The number of nitrogen functional groups attached to an aromatic ring is 1. The normalized spacial score (nSPS) is 22.2. The number of cyclic esters (lactones) is 1. The number of carbonyl (C=O) groups excluding carboxylic acids is 1. The summed E-state index contributed by atoms with van der Waals surface area (Å²) in [5, 5.41) is 30.3. The second-order valence-corrected chi connectivity index (χ2v) is 13.9. The highest BCUT2D eigenvalue weighted by Gasteiger charge is 2.44. The highest BCUT2D eigenvalue weighted by atomic mass is 32.3. The Balaban J connectivity index is 1.20. The molecule has 20 heteroatoms. The largest absolute Gasteiger partial charge is 0.507 e. The maximum atomic E-state index is 12.6. The summed E-state index contributed by atoms with van der Waals surface area (Å²) in [5.74, 6) is -0.787. The van der Waals surface area contributed by atoms with E-state index in [9.17, 15) is 36.9 Å². The SMILES string of the molecule is COc1c(C)c2c(c(O)c1CCNS(=O)(=O)CS(=O)(=O)NC[C@@H]1O[C@H](n3cnc4c(N)ncnc43)[C@@H](O)[C@H]1O)C(=O)OC2. The third-order valence-corrected chi connectivity index (χ3v) is 10.9. The number of imidazole rings is 1. The van der Waals surface area contributed by atoms with Crippen molar-refractivity contribution in [3.05, 3.63) is 34.9 Å². The molecule has 1 fully saturated rings. The summed E-state index contributed by atoms with van der Waals surface area (Å²) >= 11 is 0. The molecule has 0 spiro atoms. The molecule has 7 N–H and O–H groups in total. The van der Waals surface area contributed by atoms with Gasteiger partial charge in [0.15, 0.2) is 22.8 Å². The average Bonchev–Trinajstić information content (AvgIpc) is 3.62. The van der Waals surface area contributed by atoms with E-state index in [1.54, 1.807) is 6.92 Å². The standard InChI is InChI=1S/C23H29N7O11S2/c1-10-12-6-40-23(34)14(12)16(31)11(19(10)39-2)3-4-28-42(35,36)9-43(37,38)29-5-13-17(32)18(33)22(41-13)30-8-27-15-20(24)25-7-26-21(15)30/h7-8,13,17-18,22,28-29,31-33H,3-6,9H2,1-2H3,(H2,24,25,26)/t13-,17-,18-,22-/m0/s1. The van der Waals surface area contributed by atoms with Gasteiger partial charge < -0.3 is 35.3 Å². The van der Waals surface area contributed by atoms with Gasteiger partial charge in [0, 0.05) is 24.2 Å². The molecule has 0 amide bonds. The summed E-state index contributed by atoms with van der Waals surface area (Å²) in [6, 6.07) is 0. The minimum atomic E-state index is -4.48. The number of aliphatic hydroxyl groups excluding tert-OH is 2. The van der Waals surface area contributed by atoms with Crippen molar-refractivity contribution in [1.82, 2.24) is 29.0 Å². The Morgan fingerprint density at radius 1 is 1.14 bits per heavy atom. The van der Waals surface area contributed by atoms with Crippen LogP contribution in [0.2, 0.25) is 0 Å². The van der Waals surface area contributed by atoms with Crippen LogP contribution in [-0.2, 0) is 42.5 Å². The quantitative estimate of drug-likeness (QED) is 0.121. The molecule has 3 aromatic rings. The fraction of sp³-hybridized carbons (Fsp3) is 0.478. The van der Waals surface area contributed by atoms with Gasteiger partial charge in [0.25, 0.3) is 0 Å². The van der Waals surface area contributed by atoms with Crippen LogP contribution >= 0.6 is 0 Å². The van der Waals surface area contributed by atoms with Crippen LogP contribution in [0, 0.1) is 6.92 Å². The Labute approximate surface area is 244 Å². The van der Waals surface area contributed by atoms with E-state index in [4.69, 9.17) is 19.9 Å². The van der Waals surface area contributed by atoms with Gasteiger partial charge in [-0.15, -0.1) is 0 Å². The number of benzene rings is 1. The summed E-state index contributed by atoms with van der Waals surface area (Å²) in [6.45, 7) is 0.736. The van der Waals surface area contributed by atoms with Crippen LogP contribution in [0.5, 0.6) is 11.5 Å². The van der Waals surface area contributed by atoms with E-state index in [1.807, 2.05) is 0 Å². The van der Waals surface area contributed by atoms with E-state index in [-0.39, 0.29) is 53.4 Å². The van der Waals surface area contributed by atoms with Gasteiger partial charge in [-0.25, -0.2) is 46.0 Å². The number of hydrogen-bond donors (Lipinski definition) is 6. The number of phenolic OH excluding ortho intramolecular Hbond substituents is 1. The Bertz CT molecular complexity index is 1800. The van der Waals surface area contributed by atoms with Crippen LogP contribution in [0.1, 0.15) is 33.3 Å². The smallest absolute Gasteiger partial charge is 0.342 e. The second kappa shape index (κ2) is 11.4. The van der Waals surface area contributed by atoms with Gasteiger partial charge in [0.1, 0.15) is 53.8 Å². The molecule has 4 heterocycles. The molecule has 0 radical (unpaired) electrons. The number of methoxy groups -OCH3 is 1. The third kappa shape index (κ3) is 5.81. The van der Waals surface area contributed by atoms with Crippen LogP contribution in [0.15, 0.2) is 12.7 Å². The molecule has 0 unspecified atom stereocenters. The first-order chi connectivity index (χ1) is 20.2. The predicted octanol–water partition coefficient (Wildman–Crippen LogP) is -2.24. The van der Waals surface area contributed by atoms with Gasteiger partial charge in [-0.1, -0.05) is 0 Å². The molecular weight excluding hydrogens is 614 g/mol. The first-order valence-corrected chi connectivity index (χ1v) is 16.0. The Kier molecular flexibility index (Phi) is 8.19. The molecule has 0 saturated carbocycles. The Hall–Kier alpha value is -3.66. The number of nitrogens with zero attached hydrogens (tertiary/aromatic N) is 4. The van der Waals surface area contributed by atoms with Gasteiger partial charge in [-0.3, -0.25) is 4.57 Å².